The molecule has 0 radical (unpaired) electrons. The van der Waals surface area contributed by atoms with E-state index in [1.54, 1.807) is 47.4 Å². The van der Waals surface area contributed by atoms with Gasteiger partial charge in [0.25, 0.3) is 0 Å². The quantitative estimate of drug-likeness (QED) is 0.239. The summed E-state index contributed by atoms with van der Waals surface area (Å²) in [5.41, 5.74) is 3.49. The summed E-state index contributed by atoms with van der Waals surface area (Å²) in [5.74, 6) is 0. The molecule has 190 valence electrons. The maximum absolute atomic E-state index is 9.09. The zero-order valence-corrected chi connectivity index (χ0v) is 23.1. The first-order valence-corrected chi connectivity index (χ1v) is 12.8. The van der Waals surface area contributed by atoms with Gasteiger partial charge >= 0.3 is 7.12 Å². The van der Waals surface area contributed by atoms with E-state index in [0.717, 1.165) is 25.4 Å². The predicted molar refractivity (Wildman–Crippen MR) is 154 cm³/mol. The van der Waals surface area contributed by atoms with E-state index < -0.39 is 7.12 Å². The van der Waals surface area contributed by atoms with Gasteiger partial charge < -0.3 is 10.0 Å². The topological polar surface area (TPSA) is 160 Å². The maximum Gasteiger partial charge on any atom is 0.488 e. The van der Waals surface area contributed by atoms with Crippen molar-refractivity contribution in [3.05, 3.63) is 106 Å². The lowest BCUT2D eigenvalue weighted by Gasteiger charge is -2.02. The van der Waals surface area contributed by atoms with E-state index in [-0.39, 0.29) is 0 Å². The van der Waals surface area contributed by atoms with Gasteiger partial charge in [-0.25, -0.2) is 14.6 Å². The van der Waals surface area contributed by atoms with Gasteiger partial charge in [-0.3, -0.25) is 5.10 Å². The number of aromatic nitrogens is 6. The van der Waals surface area contributed by atoms with Crippen LogP contribution in [0.25, 0.3) is 27.8 Å². The molecule has 2 aromatic carbocycles. The zero-order valence-electron chi connectivity index (χ0n) is 19.9. The summed E-state index contributed by atoms with van der Waals surface area (Å²) in [5, 5.41) is 47.3. The minimum atomic E-state index is -1.38. The van der Waals surface area contributed by atoms with Crippen LogP contribution in [0.1, 0.15) is 11.4 Å². The van der Waals surface area contributed by atoms with Crippen LogP contribution in [-0.4, -0.2) is 47.1 Å². The van der Waals surface area contributed by atoms with Gasteiger partial charge in [0, 0.05) is 21.3 Å². The average Bonchev–Trinajstić information content (AvgIpc) is 3.55. The van der Waals surface area contributed by atoms with Crippen LogP contribution >= 0.6 is 31.9 Å². The SMILES string of the molecule is N#Cc1[nH]nc2ncccc12.N#Cc1nn(-c2cccc(Br)c2)c2ncccc12.OB(O)c1cccc(Br)c1. The first-order valence-electron chi connectivity index (χ1n) is 11.2. The lowest BCUT2D eigenvalue weighted by atomic mass is 9.81. The molecular weight excluding hydrogens is 627 g/mol. The highest BCUT2D eigenvalue weighted by atomic mass is 79.9. The Morgan fingerprint density at radius 3 is 2.15 bits per heavy atom. The molecule has 4 aromatic heterocycles. The number of benzene rings is 2. The van der Waals surface area contributed by atoms with Crippen LogP contribution < -0.4 is 5.46 Å². The van der Waals surface area contributed by atoms with Crippen LogP contribution in [0.2, 0.25) is 0 Å². The number of aromatic amines is 1. The van der Waals surface area contributed by atoms with Crippen LogP contribution in [0.5, 0.6) is 0 Å². The second-order valence-electron chi connectivity index (χ2n) is 7.74. The molecule has 10 nitrogen and oxygen atoms in total. The molecule has 0 aliphatic rings. The number of nitrogens with one attached hydrogen (secondary N) is 1. The molecule has 0 aliphatic heterocycles. The van der Waals surface area contributed by atoms with Crippen molar-refractivity contribution in [2.24, 2.45) is 0 Å². The van der Waals surface area contributed by atoms with Crippen LogP contribution in [0.3, 0.4) is 0 Å². The van der Waals surface area contributed by atoms with Gasteiger partial charge in [-0.15, -0.1) is 0 Å². The Bertz CT molecular complexity index is 1820. The second kappa shape index (κ2) is 12.9. The summed E-state index contributed by atoms with van der Waals surface area (Å²) in [7, 11) is -1.38. The van der Waals surface area contributed by atoms with Crippen molar-refractivity contribution in [2.45, 2.75) is 0 Å². The van der Waals surface area contributed by atoms with E-state index in [4.69, 9.17) is 20.6 Å². The number of pyridine rings is 2. The third-order valence-corrected chi connectivity index (χ3v) is 6.18. The number of hydrogen-bond acceptors (Lipinski definition) is 8. The molecule has 0 saturated carbocycles. The van der Waals surface area contributed by atoms with E-state index in [1.807, 2.05) is 48.5 Å². The standard InChI is InChI=1S/C13H7BrN4.C7H4N4.C6H6BBrO2/c14-9-3-1-4-10(7-9)18-13-11(5-2-6-16-13)12(8-15)17-18;8-4-6-5-2-1-3-9-7(5)11-10-6;8-6-3-1-2-5(4-6)7(9)10/h1-7H;1-3H,(H,9,10,11);1-4,9-10H. The third kappa shape index (κ3) is 6.73. The fourth-order valence-electron chi connectivity index (χ4n) is 3.42. The lowest BCUT2D eigenvalue weighted by molar-refractivity contribution is 0.426. The minimum Gasteiger partial charge on any atom is -0.423 e. The lowest BCUT2D eigenvalue weighted by Crippen LogP contribution is -2.29. The molecule has 0 fully saturated rings. The molecule has 0 bridgehead atoms. The molecule has 13 heteroatoms. The Kier molecular flexibility index (Phi) is 9.15. The van der Waals surface area contributed by atoms with Crippen LogP contribution in [0.4, 0.5) is 0 Å². The van der Waals surface area contributed by atoms with Gasteiger partial charge in [-0.2, -0.15) is 20.7 Å². The molecule has 3 N–H and O–H groups in total. The number of H-pyrrole nitrogens is 1. The van der Waals surface area contributed by atoms with Crippen molar-refractivity contribution in [1.82, 2.24) is 29.9 Å². The Morgan fingerprint density at radius 1 is 0.821 bits per heavy atom. The van der Waals surface area contributed by atoms with Gasteiger partial charge in [-0.1, -0.05) is 50.1 Å². The molecule has 6 aromatic rings. The summed E-state index contributed by atoms with van der Waals surface area (Å²) < 4.78 is 3.48. The largest absolute Gasteiger partial charge is 0.488 e. The summed E-state index contributed by atoms with van der Waals surface area (Å²) in [6, 6.07) is 25.9. The van der Waals surface area contributed by atoms with E-state index >= 15 is 0 Å². The molecule has 6 rings (SSSR count). The van der Waals surface area contributed by atoms with Crippen molar-refractivity contribution in [3.63, 3.8) is 0 Å². The van der Waals surface area contributed by atoms with Crippen molar-refractivity contribution in [1.29, 1.82) is 10.5 Å². The number of hydrogen-bond donors (Lipinski definition) is 3. The van der Waals surface area contributed by atoms with Crippen molar-refractivity contribution in [2.75, 3.05) is 0 Å². The molecule has 0 atom stereocenters. The van der Waals surface area contributed by atoms with Crippen molar-refractivity contribution >= 4 is 66.5 Å². The smallest absolute Gasteiger partial charge is 0.423 e. The fraction of sp³-hybridized carbons (Fsp3) is 0. The first-order chi connectivity index (χ1) is 18.9. The van der Waals surface area contributed by atoms with Gasteiger partial charge in [-0.05, 0) is 60.1 Å². The summed E-state index contributed by atoms with van der Waals surface area (Å²) in [6.07, 6.45) is 3.34. The van der Waals surface area contributed by atoms with Gasteiger partial charge in [0.2, 0.25) is 0 Å². The summed E-state index contributed by atoms with van der Waals surface area (Å²) in [6.45, 7) is 0. The summed E-state index contributed by atoms with van der Waals surface area (Å²) in [4.78, 5) is 8.25. The number of halogens is 2. The number of fused-ring (bicyclic) bond motifs is 2. The highest BCUT2D eigenvalue weighted by Gasteiger charge is 2.12. The molecule has 0 unspecified atom stereocenters. The number of nitriles is 2. The van der Waals surface area contributed by atoms with Crippen LogP contribution in [-0.2, 0) is 0 Å². The normalized spacial score (nSPS) is 10.0. The molecule has 0 spiro atoms. The Labute approximate surface area is 239 Å². The van der Waals surface area contributed by atoms with E-state index in [2.05, 4.69) is 63.2 Å². The molecule has 0 amide bonds. The van der Waals surface area contributed by atoms with E-state index in [9.17, 15) is 0 Å². The Hall–Kier alpha value is -4.40. The Morgan fingerprint density at radius 2 is 1.51 bits per heavy atom. The van der Waals surface area contributed by atoms with Gasteiger partial charge in [0.1, 0.15) is 17.8 Å². The van der Waals surface area contributed by atoms with Crippen LogP contribution in [0.15, 0.2) is 94.1 Å². The van der Waals surface area contributed by atoms with E-state index in [1.165, 1.54) is 0 Å². The zero-order chi connectivity index (χ0) is 27.8. The Balaban J connectivity index is 0.000000145. The van der Waals surface area contributed by atoms with Crippen LogP contribution in [0, 0.1) is 22.7 Å². The minimum absolute atomic E-state index is 0.387. The van der Waals surface area contributed by atoms with Gasteiger partial charge in [0.15, 0.2) is 17.0 Å². The highest BCUT2D eigenvalue weighted by molar-refractivity contribution is 9.10. The maximum atomic E-state index is 9.09. The third-order valence-electron chi connectivity index (χ3n) is 5.19. The van der Waals surface area contributed by atoms with E-state index in [0.29, 0.717) is 28.1 Å². The summed E-state index contributed by atoms with van der Waals surface area (Å²) >= 11 is 6.63. The second-order valence-corrected chi connectivity index (χ2v) is 9.57. The highest BCUT2D eigenvalue weighted by Crippen LogP contribution is 2.21. The average molecular weight is 644 g/mol. The van der Waals surface area contributed by atoms with Crippen molar-refractivity contribution in [3.8, 4) is 17.8 Å². The van der Waals surface area contributed by atoms with Crippen molar-refractivity contribution < 1.29 is 10.0 Å². The molecule has 4 heterocycles. The fourth-order valence-corrected chi connectivity index (χ4v) is 4.23. The first kappa shape index (κ1) is 27.6. The molecule has 0 saturated heterocycles. The number of rotatable bonds is 2. The molecule has 0 aliphatic carbocycles. The predicted octanol–water partition coefficient (Wildman–Crippen LogP) is 4.01. The van der Waals surface area contributed by atoms with Gasteiger partial charge in [0.05, 0.1) is 16.5 Å². The monoisotopic (exact) mass is 642 g/mol. The number of nitrogens with zero attached hydrogens (tertiary/aromatic N) is 7. The molecular formula is C26H17BBr2N8O2. The molecule has 39 heavy (non-hydrogen) atoms.